The summed E-state index contributed by atoms with van der Waals surface area (Å²) in [5.41, 5.74) is 8.80. The summed E-state index contributed by atoms with van der Waals surface area (Å²) in [5.74, 6) is 0. The lowest BCUT2D eigenvalue weighted by atomic mass is 9.90. The zero-order chi connectivity index (χ0) is 13.7. The van der Waals surface area contributed by atoms with Crippen LogP contribution in [0.3, 0.4) is 0 Å². The molecule has 0 heterocycles. The first-order valence-corrected chi connectivity index (χ1v) is 7.74. The van der Waals surface area contributed by atoms with Gasteiger partial charge in [-0.15, -0.1) is 0 Å². The Morgan fingerprint density at radius 2 is 1.74 bits per heavy atom. The summed E-state index contributed by atoms with van der Waals surface area (Å²) in [6.45, 7) is 6.72. The van der Waals surface area contributed by atoms with Gasteiger partial charge in [-0.3, -0.25) is 4.90 Å². The Morgan fingerprint density at radius 3 is 2.32 bits per heavy atom. The quantitative estimate of drug-likeness (QED) is 0.878. The fourth-order valence-electron chi connectivity index (χ4n) is 3.07. The third-order valence-electron chi connectivity index (χ3n) is 4.27. The number of rotatable bonds is 5. The van der Waals surface area contributed by atoms with Crippen molar-refractivity contribution in [3.8, 4) is 0 Å². The number of aryl methyl sites for hydroxylation is 1. The summed E-state index contributed by atoms with van der Waals surface area (Å²) < 4.78 is 0. The van der Waals surface area contributed by atoms with Gasteiger partial charge in [-0.2, -0.15) is 0 Å². The molecule has 0 amide bonds. The largest absolute Gasteiger partial charge is 0.328 e. The molecule has 0 spiro atoms. The predicted molar refractivity (Wildman–Crippen MR) is 82.1 cm³/mol. The second kappa shape index (κ2) is 7.06. The van der Waals surface area contributed by atoms with Crippen molar-refractivity contribution < 1.29 is 0 Å². The summed E-state index contributed by atoms with van der Waals surface area (Å²) >= 11 is 0. The molecule has 106 valence electrons. The molecule has 0 aromatic heterocycles. The molecule has 0 saturated heterocycles. The maximum Gasteiger partial charge on any atom is 0.0236 e. The van der Waals surface area contributed by atoms with E-state index in [1.165, 1.54) is 49.8 Å². The van der Waals surface area contributed by atoms with Crippen LogP contribution in [0.2, 0.25) is 0 Å². The first-order valence-electron chi connectivity index (χ1n) is 7.74. The Bertz CT molecular complexity index is 363. The Hall–Kier alpha value is -0.860. The molecule has 1 aliphatic carbocycles. The lowest BCUT2D eigenvalue weighted by molar-refractivity contribution is 0.142. The van der Waals surface area contributed by atoms with E-state index in [4.69, 9.17) is 5.73 Å². The lowest BCUT2D eigenvalue weighted by Crippen LogP contribution is -2.40. The van der Waals surface area contributed by atoms with Crippen molar-refractivity contribution in [2.45, 2.75) is 64.6 Å². The van der Waals surface area contributed by atoms with Crippen LogP contribution >= 0.6 is 0 Å². The van der Waals surface area contributed by atoms with E-state index in [0.717, 1.165) is 12.6 Å². The Labute approximate surface area is 118 Å². The van der Waals surface area contributed by atoms with Crippen LogP contribution in [-0.2, 0) is 6.54 Å². The summed E-state index contributed by atoms with van der Waals surface area (Å²) in [6, 6.07) is 10.2. The summed E-state index contributed by atoms with van der Waals surface area (Å²) in [6.07, 6.45) is 6.16. The van der Waals surface area contributed by atoms with E-state index >= 15 is 0 Å². The van der Waals surface area contributed by atoms with E-state index in [2.05, 4.69) is 43.0 Å². The molecule has 2 rings (SSSR count). The third kappa shape index (κ3) is 4.32. The van der Waals surface area contributed by atoms with Gasteiger partial charge in [0.15, 0.2) is 0 Å². The van der Waals surface area contributed by atoms with Crippen molar-refractivity contribution in [1.29, 1.82) is 0 Å². The Balaban J connectivity index is 1.97. The molecule has 2 nitrogen and oxygen atoms in total. The first-order chi connectivity index (χ1) is 9.19. The topological polar surface area (TPSA) is 29.3 Å². The van der Waals surface area contributed by atoms with Gasteiger partial charge in [0.2, 0.25) is 0 Å². The van der Waals surface area contributed by atoms with Gasteiger partial charge in [0.25, 0.3) is 0 Å². The fraction of sp³-hybridized carbons (Fsp3) is 0.647. The van der Waals surface area contributed by atoms with Crippen LogP contribution in [0.1, 0.15) is 50.2 Å². The van der Waals surface area contributed by atoms with E-state index in [1.54, 1.807) is 0 Å². The second-order valence-corrected chi connectivity index (χ2v) is 6.02. The number of nitrogens with two attached hydrogens (primary N) is 1. The number of nitrogens with zero attached hydrogens (tertiary/aromatic N) is 1. The van der Waals surface area contributed by atoms with E-state index in [1.807, 2.05) is 0 Å². The average molecular weight is 260 g/mol. The Morgan fingerprint density at radius 1 is 1.11 bits per heavy atom. The zero-order valence-electron chi connectivity index (χ0n) is 12.4. The van der Waals surface area contributed by atoms with Crippen molar-refractivity contribution in [2.75, 3.05) is 6.54 Å². The van der Waals surface area contributed by atoms with Crippen LogP contribution in [0.4, 0.5) is 0 Å². The molecule has 0 radical (unpaired) electrons. The monoisotopic (exact) mass is 260 g/mol. The van der Waals surface area contributed by atoms with E-state index in [9.17, 15) is 0 Å². The molecule has 1 saturated carbocycles. The summed E-state index contributed by atoms with van der Waals surface area (Å²) in [4.78, 5) is 2.66. The van der Waals surface area contributed by atoms with E-state index < -0.39 is 0 Å². The van der Waals surface area contributed by atoms with Crippen molar-refractivity contribution in [1.82, 2.24) is 4.90 Å². The minimum atomic E-state index is 0.444. The van der Waals surface area contributed by atoms with Gasteiger partial charge < -0.3 is 5.73 Å². The molecular weight excluding hydrogens is 232 g/mol. The fourth-order valence-corrected chi connectivity index (χ4v) is 3.07. The molecule has 1 fully saturated rings. The maximum atomic E-state index is 6.02. The van der Waals surface area contributed by atoms with Crippen LogP contribution < -0.4 is 5.73 Å². The molecule has 2 heteroatoms. The van der Waals surface area contributed by atoms with Gasteiger partial charge in [-0.1, -0.05) is 36.8 Å². The van der Waals surface area contributed by atoms with Crippen molar-refractivity contribution >= 4 is 0 Å². The minimum Gasteiger partial charge on any atom is -0.328 e. The third-order valence-corrected chi connectivity index (χ3v) is 4.27. The van der Waals surface area contributed by atoms with Gasteiger partial charge in [0.1, 0.15) is 0 Å². The highest BCUT2D eigenvalue weighted by Gasteiger charge is 2.23. The van der Waals surface area contributed by atoms with Crippen LogP contribution in [0.15, 0.2) is 24.3 Å². The van der Waals surface area contributed by atoms with Gasteiger partial charge in [-0.25, -0.2) is 0 Å². The summed E-state index contributed by atoms with van der Waals surface area (Å²) in [5, 5.41) is 0. The Kier molecular flexibility index (Phi) is 5.41. The minimum absolute atomic E-state index is 0.444. The highest BCUT2D eigenvalue weighted by Crippen LogP contribution is 2.24. The molecule has 2 N–H and O–H groups in total. The second-order valence-electron chi connectivity index (χ2n) is 6.02. The van der Waals surface area contributed by atoms with Crippen molar-refractivity contribution in [3.05, 3.63) is 35.4 Å². The molecule has 0 aliphatic heterocycles. The van der Waals surface area contributed by atoms with Crippen LogP contribution in [0, 0.1) is 6.92 Å². The number of hydrogen-bond acceptors (Lipinski definition) is 2. The van der Waals surface area contributed by atoms with E-state index in [-0.39, 0.29) is 0 Å². The maximum absolute atomic E-state index is 6.02. The molecule has 0 unspecified atom stereocenters. The first kappa shape index (κ1) is 14.5. The number of hydrogen-bond donors (Lipinski definition) is 1. The molecule has 1 aromatic carbocycles. The molecule has 19 heavy (non-hydrogen) atoms. The van der Waals surface area contributed by atoms with Gasteiger partial charge in [0.05, 0.1) is 0 Å². The van der Waals surface area contributed by atoms with Gasteiger partial charge >= 0.3 is 0 Å². The van der Waals surface area contributed by atoms with Crippen LogP contribution in [0.5, 0.6) is 0 Å². The molecule has 0 atom stereocenters. The van der Waals surface area contributed by atoms with E-state index in [0.29, 0.717) is 6.04 Å². The average Bonchev–Trinajstić information content (AvgIpc) is 2.42. The zero-order valence-corrected chi connectivity index (χ0v) is 12.4. The van der Waals surface area contributed by atoms with Crippen LogP contribution in [-0.4, -0.2) is 23.5 Å². The highest BCUT2D eigenvalue weighted by atomic mass is 15.2. The van der Waals surface area contributed by atoms with Gasteiger partial charge in [0, 0.05) is 18.6 Å². The van der Waals surface area contributed by atoms with Gasteiger partial charge in [-0.05, 0) is 51.1 Å². The SMILES string of the molecule is CCCN(Cc1ccc(C)cc1)C1CCC(N)CC1. The standard InChI is InChI=1S/C17H28N2/c1-3-12-19(17-10-8-16(18)9-11-17)13-15-6-4-14(2)5-7-15/h4-7,16-17H,3,8-13,18H2,1-2H3. The predicted octanol–water partition coefficient (Wildman–Crippen LogP) is 3.48. The lowest BCUT2D eigenvalue weighted by Gasteiger charge is -2.36. The number of benzene rings is 1. The summed E-state index contributed by atoms with van der Waals surface area (Å²) in [7, 11) is 0. The molecule has 1 aromatic rings. The normalized spacial score (nSPS) is 23.8. The van der Waals surface area contributed by atoms with Crippen LogP contribution in [0.25, 0.3) is 0 Å². The molecule has 0 bridgehead atoms. The smallest absolute Gasteiger partial charge is 0.0236 e. The van der Waals surface area contributed by atoms with Crippen molar-refractivity contribution in [2.24, 2.45) is 5.73 Å². The van der Waals surface area contributed by atoms with Crippen molar-refractivity contribution in [3.63, 3.8) is 0 Å². The highest BCUT2D eigenvalue weighted by molar-refractivity contribution is 5.21. The molecule has 1 aliphatic rings. The molecular formula is C17H28N2.